The van der Waals surface area contributed by atoms with Gasteiger partial charge in [-0.3, -0.25) is 9.79 Å². The van der Waals surface area contributed by atoms with Crippen molar-refractivity contribution < 1.29 is 9.90 Å². The van der Waals surface area contributed by atoms with Crippen LogP contribution in [0.1, 0.15) is 26.7 Å². The number of aliphatic carboxylic acids is 1. The SMILES string of the molecule is CC#CC#CC#CC#CC#CC.NC(N)=NCCC[C@H](N)C(=O)O. The highest BCUT2D eigenvalue weighted by molar-refractivity contribution is 5.75. The number of nitrogens with zero attached hydrogens (tertiary/aromatic N) is 1. The first-order valence-corrected chi connectivity index (χ1v) is 6.83. The van der Waals surface area contributed by atoms with Crippen LogP contribution >= 0.6 is 0 Å². The average molecular weight is 324 g/mol. The van der Waals surface area contributed by atoms with Gasteiger partial charge in [0.25, 0.3) is 0 Å². The fourth-order valence-electron chi connectivity index (χ4n) is 0.955. The Balaban J connectivity index is 0. The minimum Gasteiger partial charge on any atom is -0.480 e. The molecule has 0 saturated heterocycles. The lowest BCUT2D eigenvalue weighted by molar-refractivity contribution is -0.138. The molecular formula is C18H20N4O2. The normalized spacial score (nSPS) is 7.96. The van der Waals surface area contributed by atoms with Crippen molar-refractivity contribution in [2.45, 2.75) is 32.7 Å². The zero-order chi connectivity index (χ0) is 18.6. The number of hydrogen-bond acceptors (Lipinski definition) is 3. The van der Waals surface area contributed by atoms with Gasteiger partial charge in [0.2, 0.25) is 0 Å². The molecule has 0 saturated carbocycles. The molecule has 0 aromatic rings. The lowest BCUT2D eigenvalue weighted by Gasteiger charge is -2.03. The molecule has 7 N–H and O–H groups in total. The number of guanidine groups is 1. The van der Waals surface area contributed by atoms with E-state index in [4.69, 9.17) is 22.3 Å². The van der Waals surface area contributed by atoms with Gasteiger partial charge < -0.3 is 22.3 Å². The van der Waals surface area contributed by atoms with Gasteiger partial charge in [0.1, 0.15) is 6.04 Å². The van der Waals surface area contributed by atoms with Crippen LogP contribution in [0.3, 0.4) is 0 Å². The van der Waals surface area contributed by atoms with Crippen molar-refractivity contribution in [3.05, 3.63) is 0 Å². The van der Waals surface area contributed by atoms with Crippen molar-refractivity contribution in [1.82, 2.24) is 0 Å². The maximum absolute atomic E-state index is 10.2. The predicted molar refractivity (Wildman–Crippen MR) is 95.8 cm³/mol. The molecule has 0 aliphatic rings. The van der Waals surface area contributed by atoms with Gasteiger partial charge >= 0.3 is 5.97 Å². The number of carboxylic acids is 1. The minimum atomic E-state index is -1.00. The van der Waals surface area contributed by atoms with Crippen LogP contribution in [-0.4, -0.2) is 29.6 Å². The average Bonchev–Trinajstić information content (AvgIpc) is 2.54. The lowest BCUT2D eigenvalue weighted by atomic mass is 10.2. The summed E-state index contributed by atoms with van der Waals surface area (Å²) in [5.74, 6) is 24.6. The molecule has 0 aromatic carbocycles. The van der Waals surface area contributed by atoms with Crippen molar-refractivity contribution in [3.63, 3.8) is 0 Å². The Morgan fingerprint density at radius 2 is 1.38 bits per heavy atom. The van der Waals surface area contributed by atoms with Crippen LogP contribution in [0.15, 0.2) is 4.99 Å². The molecule has 0 spiro atoms. The van der Waals surface area contributed by atoms with Crippen LogP contribution in [-0.2, 0) is 4.79 Å². The van der Waals surface area contributed by atoms with Crippen molar-refractivity contribution in [2.75, 3.05) is 6.54 Å². The fourth-order valence-corrected chi connectivity index (χ4v) is 0.955. The molecule has 0 aliphatic carbocycles. The summed E-state index contributed by atoms with van der Waals surface area (Å²) >= 11 is 0. The van der Waals surface area contributed by atoms with Crippen LogP contribution in [0, 0.1) is 59.2 Å². The van der Waals surface area contributed by atoms with E-state index < -0.39 is 12.0 Å². The van der Waals surface area contributed by atoms with Crippen LogP contribution in [0.25, 0.3) is 0 Å². The van der Waals surface area contributed by atoms with Crippen LogP contribution in [0.5, 0.6) is 0 Å². The Kier molecular flexibility index (Phi) is 16.7. The third-order valence-electron chi connectivity index (χ3n) is 1.97. The van der Waals surface area contributed by atoms with E-state index in [2.05, 4.69) is 64.2 Å². The molecule has 124 valence electrons. The highest BCUT2D eigenvalue weighted by atomic mass is 16.4. The minimum absolute atomic E-state index is 0.0129. The summed E-state index contributed by atoms with van der Waals surface area (Å²) in [6.45, 7) is 3.86. The zero-order valence-corrected chi connectivity index (χ0v) is 13.7. The van der Waals surface area contributed by atoms with Gasteiger partial charge in [0.05, 0.1) is 0 Å². The van der Waals surface area contributed by atoms with Crippen molar-refractivity contribution in [1.29, 1.82) is 0 Å². The number of hydrogen-bond donors (Lipinski definition) is 4. The molecule has 0 heterocycles. The van der Waals surface area contributed by atoms with Gasteiger partial charge in [0, 0.05) is 6.54 Å². The molecule has 6 heteroatoms. The van der Waals surface area contributed by atoms with Gasteiger partial charge in [-0.2, -0.15) is 0 Å². The second-order valence-corrected chi connectivity index (χ2v) is 3.89. The predicted octanol–water partition coefficient (Wildman–Crippen LogP) is -0.505. The Hall–Kier alpha value is -3.50. The first kappa shape index (κ1) is 22.8. The molecule has 1 atom stereocenters. The highest BCUT2D eigenvalue weighted by Crippen LogP contribution is 1.94. The summed E-state index contributed by atoms with van der Waals surface area (Å²) in [7, 11) is 0. The third kappa shape index (κ3) is 20.8. The molecule has 0 aromatic heterocycles. The van der Waals surface area contributed by atoms with E-state index in [0.717, 1.165) is 0 Å². The first-order chi connectivity index (χ1) is 11.5. The van der Waals surface area contributed by atoms with Gasteiger partial charge in [0.15, 0.2) is 5.96 Å². The van der Waals surface area contributed by atoms with Crippen molar-refractivity contribution in [2.24, 2.45) is 22.2 Å². The number of carbonyl (C=O) groups is 1. The van der Waals surface area contributed by atoms with Crippen molar-refractivity contribution >= 4 is 11.9 Å². The molecule has 0 rings (SSSR count). The molecule has 0 unspecified atom stereocenters. The second-order valence-electron chi connectivity index (χ2n) is 3.89. The molecular weight excluding hydrogens is 304 g/mol. The topological polar surface area (TPSA) is 128 Å². The number of nitrogens with two attached hydrogens (primary N) is 3. The monoisotopic (exact) mass is 324 g/mol. The highest BCUT2D eigenvalue weighted by Gasteiger charge is 2.09. The number of aliphatic imine (C=N–C) groups is 1. The van der Waals surface area contributed by atoms with Gasteiger partial charge in [-0.15, -0.1) is 0 Å². The smallest absolute Gasteiger partial charge is 0.320 e. The third-order valence-corrected chi connectivity index (χ3v) is 1.97. The van der Waals surface area contributed by atoms with E-state index in [1.54, 1.807) is 13.8 Å². The van der Waals surface area contributed by atoms with E-state index in [9.17, 15) is 4.79 Å². The summed E-state index contributed by atoms with van der Waals surface area (Å²) in [6, 6.07) is -0.820. The van der Waals surface area contributed by atoms with E-state index in [1.807, 2.05) is 0 Å². The summed E-state index contributed by atoms with van der Waals surface area (Å²) in [5, 5.41) is 8.38. The molecule has 24 heavy (non-hydrogen) atoms. The van der Waals surface area contributed by atoms with Crippen LogP contribution < -0.4 is 17.2 Å². The second kappa shape index (κ2) is 17.6. The fraction of sp³-hybridized carbons (Fsp3) is 0.333. The van der Waals surface area contributed by atoms with Crippen LogP contribution in [0.4, 0.5) is 0 Å². The largest absolute Gasteiger partial charge is 0.480 e. The van der Waals surface area contributed by atoms with Crippen molar-refractivity contribution in [3.8, 4) is 59.2 Å². The molecule has 6 nitrogen and oxygen atoms in total. The molecule has 0 bridgehead atoms. The van der Waals surface area contributed by atoms with Crippen LogP contribution in [0.2, 0.25) is 0 Å². The van der Waals surface area contributed by atoms with E-state index in [-0.39, 0.29) is 5.96 Å². The summed E-state index contributed by atoms with van der Waals surface area (Å²) in [6.07, 6.45) is 0.956. The van der Waals surface area contributed by atoms with Gasteiger partial charge in [-0.05, 0) is 74.1 Å². The lowest BCUT2D eigenvalue weighted by Crippen LogP contribution is -2.30. The molecule has 0 radical (unpaired) electrons. The summed E-state index contributed by atoms with van der Waals surface area (Å²) in [5.41, 5.74) is 15.3. The van der Waals surface area contributed by atoms with Gasteiger partial charge in [-0.25, -0.2) is 0 Å². The summed E-state index contributed by atoms with van der Waals surface area (Å²) in [4.78, 5) is 13.9. The van der Waals surface area contributed by atoms with E-state index in [1.165, 1.54) is 0 Å². The quantitative estimate of drug-likeness (QED) is 0.234. The van der Waals surface area contributed by atoms with E-state index in [0.29, 0.717) is 19.4 Å². The van der Waals surface area contributed by atoms with E-state index >= 15 is 0 Å². The molecule has 0 aliphatic heterocycles. The first-order valence-electron chi connectivity index (χ1n) is 6.83. The number of carboxylic acid groups (broad SMARTS) is 1. The Morgan fingerprint density at radius 1 is 0.958 bits per heavy atom. The maximum atomic E-state index is 10.2. The maximum Gasteiger partial charge on any atom is 0.320 e. The number of rotatable bonds is 5. The summed E-state index contributed by atoms with van der Waals surface area (Å²) < 4.78 is 0. The Morgan fingerprint density at radius 3 is 1.71 bits per heavy atom. The Bertz CT molecular complexity index is 681. The molecule has 0 fully saturated rings. The zero-order valence-electron chi connectivity index (χ0n) is 13.7. The molecule has 0 amide bonds. The van der Waals surface area contributed by atoms with Gasteiger partial charge in [-0.1, -0.05) is 11.8 Å². The Labute approximate surface area is 143 Å². The standard InChI is InChI=1S/C12H6.C6H14N4O2/c1-3-5-7-9-11-12-10-8-6-4-2;7-4(5(11)12)2-1-3-10-6(8)9/h1-2H3;4H,1-3,7H2,(H,11,12)(H4,8,9,10)/t;4-/m.0/s1.